The van der Waals surface area contributed by atoms with Crippen molar-refractivity contribution < 1.29 is 13.9 Å². The van der Waals surface area contributed by atoms with Crippen molar-refractivity contribution in [3.8, 4) is 6.07 Å². The number of halogens is 1. The lowest BCUT2D eigenvalue weighted by Crippen LogP contribution is -2.34. The summed E-state index contributed by atoms with van der Waals surface area (Å²) in [5, 5.41) is 8.60. The van der Waals surface area contributed by atoms with Crippen molar-refractivity contribution in [2.24, 2.45) is 0 Å². The monoisotopic (exact) mass is 264 g/mol. The summed E-state index contributed by atoms with van der Waals surface area (Å²) >= 11 is 0. The molecular weight excluding hydrogens is 247 g/mol. The first kappa shape index (κ1) is 15.1. The number of amides is 1. The minimum Gasteiger partial charge on any atom is -0.383 e. The second kappa shape index (κ2) is 7.49. The van der Waals surface area contributed by atoms with Gasteiger partial charge in [0, 0.05) is 25.8 Å². The van der Waals surface area contributed by atoms with Crippen LogP contribution in [-0.2, 0) is 4.74 Å². The molecule has 5 heteroatoms. The molecule has 4 nitrogen and oxygen atoms in total. The minimum absolute atomic E-state index is 0.240. The predicted octanol–water partition coefficient (Wildman–Crippen LogP) is 2.14. The van der Waals surface area contributed by atoms with E-state index in [4.69, 9.17) is 10.00 Å². The molecule has 0 aliphatic carbocycles. The summed E-state index contributed by atoms with van der Waals surface area (Å²) in [7, 11) is 1.54. The summed E-state index contributed by atoms with van der Waals surface area (Å²) < 4.78 is 18.2. The number of carbonyl (C=O) groups excluding carboxylic acids is 1. The highest BCUT2D eigenvalue weighted by atomic mass is 19.1. The van der Waals surface area contributed by atoms with E-state index >= 15 is 0 Å². The molecule has 1 amide bonds. The molecule has 1 rings (SSSR count). The van der Waals surface area contributed by atoms with Gasteiger partial charge < -0.3 is 9.64 Å². The molecule has 1 aromatic carbocycles. The van der Waals surface area contributed by atoms with Gasteiger partial charge in [-0.1, -0.05) is 0 Å². The van der Waals surface area contributed by atoms with Gasteiger partial charge in [-0.15, -0.1) is 0 Å². The summed E-state index contributed by atoms with van der Waals surface area (Å²) in [6.45, 7) is 2.81. The van der Waals surface area contributed by atoms with Gasteiger partial charge in [-0.2, -0.15) is 5.26 Å². The Morgan fingerprint density at radius 3 is 2.74 bits per heavy atom. The Hall–Kier alpha value is -1.93. The Labute approximate surface area is 112 Å². The lowest BCUT2D eigenvalue weighted by molar-refractivity contribution is 0.0699. The fourth-order valence-electron chi connectivity index (χ4n) is 1.74. The van der Waals surface area contributed by atoms with Gasteiger partial charge in [-0.05, 0) is 30.7 Å². The second-order valence-corrected chi connectivity index (χ2v) is 4.21. The van der Waals surface area contributed by atoms with Crippen LogP contribution in [0.3, 0.4) is 0 Å². The van der Waals surface area contributed by atoms with Crippen molar-refractivity contribution in [3.05, 3.63) is 35.1 Å². The number of methoxy groups -OCH3 is 1. The number of benzene rings is 1. The van der Waals surface area contributed by atoms with Crippen LogP contribution in [0.4, 0.5) is 4.39 Å². The third-order valence-electron chi connectivity index (χ3n) is 2.64. The van der Waals surface area contributed by atoms with Crippen molar-refractivity contribution in [1.29, 1.82) is 5.26 Å². The summed E-state index contributed by atoms with van der Waals surface area (Å²) in [6.07, 6.45) is 0.240. The van der Waals surface area contributed by atoms with Crippen LogP contribution >= 0.6 is 0 Å². The molecule has 0 atom stereocenters. The molecule has 0 aliphatic heterocycles. The van der Waals surface area contributed by atoms with E-state index in [-0.39, 0.29) is 12.3 Å². The Bertz CT molecular complexity index is 463. The normalized spacial score (nSPS) is 10.0. The second-order valence-electron chi connectivity index (χ2n) is 4.21. The molecule has 19 heavy (non-hydrogen) atoms. The average Bonchev–Trinajstić information content (AvgIpc) is 2.37. The maximum absolute atomic E-state index is 13.3. The fraction of sp³-hybridized carbons (Fsp3) is 0.429. The average molecular weight is 264 g/mol. The molecule has 0 saturated heterocycles. The quantitative estimate of drug-likeness (QED) is 0.791. The molecule has 0 aromatic heterocycles. The SMILES string of the molecule is COCCN(CCC#N)C(=O)c1cc(C)cc(F)c1. The van der Waals surface area contributed by atoms with Crippen molar-refractivity contribution in [2.75, 3.05) is 26.8 Å². The number of hydrogen-bond donors (Lipinski definition) is 0. The molecular formula is C14H17FN2O2. The number of hydrogen-bond acceptors (Lipinski definition) is 3. The van der Waals surface area contributed by atoms with Gasteiger partial charge in [-0.3, -0.25) is 4.79 Å². The number of ether oxygens (including phenoxy) is 1. The van der Waals surface area contributed by atoms with Crippen LogP contribution in [0.5, 0.6) is 0 Å². The third kappa shape index (κ3) is 4.68. The molecule has 0 spiro atoms. The summed E-state index contributed by atoms with van der Waals surface area (Å²) in [6, 6.07) is 6.21. The summed E-state index contributed by atoms with van der Waals surface area (Å²) in [4.78, 5) is 13.8. The van der Waals surface area contributed by atoms with E-state index < -0.39 is 5.82 Å². The molecule has 0 N–H and O–H groups in total. The van der Waals surface area contributed by atoms with Crippen molar-refractivity contribution >= 4 is 5.91 Å². The molecule has 0 fully saturated rings. The zero-order valence-corrected chi connectivity index (χ0v) is 11.1. The first-order chi connectivity index (χ1) is 9.08. The number of rotatable bonds is 6. The first-order valence-corrected chi connectivity index (χ1v) is 6.01. The van der Waals surface area contributed by atoms with Gasteiger partial charge in [-0.25, -0.2) is 4.39 Å². The minimum atomic E-state index is -0.435. The highest BCUT2D eigenvalue weighted by molar-refractivity contribution is 5.94. The first-order valence-electron chi connectivity index (χ1n) is 6.01. The van der Waals surface area contributed by atoms with E-state index in [0.29, 0.717) is 30.8 Å². The smallest absolute Gasteiger partial charge is 0.254 e. The molecule has 0 bridgehead atoms. The standard InChI is InChI=1S/C14H17FN2O2/c1-11-8-12(10-13(15)9-11)14(18)17(5-3-4-16)6-7-19-2/h8-10H,3,5-7H2,1-2H3. The lowest BCUT2D eigenvalue weighted by atomic mass is 10.1. The molecule has 102 valence electrons. The number of aryl methyl sites for hydroxylation is 1. The van der Waals surface area contributed by atoms with E-state index in [1.165, 1.54) is 17.0 Å². The van der Waals surface area contributed by atoms with Crippen LogP contribution in [0, 0.1) is 24.1 Å². The Balaban J connectivity index is 2.87. The van der Waals surface area contributed by atoms with Gasteiger partial charge in [0.05, 0.1) is 19.1 Å². The van der Waals surface area contributed by atoms with Gasteiger partial charge in [0.1, 0.15) is 5.82 Å². The van der Waals surface area contributed by atoms with Crippen LogP contribution in [0.25, 0.3) is 0 Å². The van der Waals surface area contributed by atoms with E-state index in [0.717, 1.165) is 0 Å². The Morgan fingerprint density at radius 1 is 1.42 bits per heavy atom. The molecule has 0 unspecified atom stereocenters. The maximum atomic E-state index is 13.3. The summed E-state index contributed by atoms with van der Waals surface area (Å²) in [5.74, 6) is -0.717. The third-order valence-corrected chi connectivity index (χ3v) is 2.64. The topological polar surface area (TPSA) is 53.3 Å². The Kier molecular flexibility index (Phi) is 5.97. The van der Waals surface area contributed by atoms with Crippen molar-refractivity contribution in [2.45, 2.75) is 13.3 Å². The van der Waals surface area contributed by atoms with Crippen LogP contribution < -0.4 is 0 Å². The van der Waals surface area contributed by atoms with Crippen LogP contribution in [0.15, 0.2) is 18.2 Å². The predicted molar refractivity (Wildman–Crippen MR) is 69.1 cm³/mol. The van der Waals surface area contributed by atoms with E-state index in [9.17, 15) is 9.18 Å². The largest absolute Gasteiger partial charge is 0.383 e. The number of nitriles is 1. The molecule has 0 heterocycles. The lowest BCUT2D eigenvalue weighted by Gasteiger charge is -2.21. The highest BCUT2D eigenvalue weighted by Gasteiger charge is 2.16. The summed E-state index contributed by atoms with van der Waals surface area (Å²) in [5.41, 5.74) is 0.988. The van der Waals surface area contributed by atoms with Gasteiger partial charge >= 0.3 is 0 Å². The van der Waals surface area contributed by atoms with E-state index in [1.54, 1.807) is 20.1 Å². The Morgan fingerprint density at radius 2 is 2.16 bits per heavy atom. The van der Waals surface area contributed by atoms with Gasteiger partial charge in [0.2, 0.25) is 0 Å². The van der Waals surface area contributed by atoms with Crippen LogP contribution in [-0.4, -0.2) is 37.6 Å². The number of carbonyl (C=O) groups is 1. The number of nitrogens with zero attached hydrogens (tertiary/aromatic N) is 2. The molecule has 0 aliphatic rings. The van der Waals surface area contributed by atoms with Crippen molar-refractivity contribution in [1.82, 2.24) is 4.90 Å². The van der Waals surface area contributed by atoms with Crippen LogP contribution in [0.2, 0.25) is 0 Å². The molecule has 1 aromatic rings. The molecule has 0 radical (unpaired) electrons. The van der Waals surface area contributed by atoms with Gasteiger partial charge in [0.15, 0.2) is 0 Å². The van der Waals surface area contributed by atoms with E-state index in [1.807, 2.05) is 6.07 Å². The van der Waals surface area contributed by atoms with Crippen LogP contribution in [0.1, 0.15) is 22.3 Å². The molecule has 0 saturated carbocycles. The highest BCUT2D eigenvalue weighted by Crippen LogP contribution is 2.11. The van der Waals surface area contributed by atoms with Crippen molar-refractivity contribution in [3.63, 3.8) is 0 Å². The van der Waals surface area contributed by atoms with Gasteiger partial charge in [0.25, 0.3) is 5.91 Å². The maximum Gasteiger partial charge on any atom is 0.254 e. The van der Waals surface area contributed by atoms with E-state index in [2.05, 4.69) is 0 Å². The zero-order chi connectivity index (χ0) is 14.3. The zero-order valence-electron chi connectivity index (χ0n) is 11.1. The fourth-order valence-corrected chi connectivity index (χ4v) is 1.74.